The number of nitrogens with one attached hydrogen (secondary N) is 1. The zero-order chi connectivity index (χ0) is 10.2. The molecule has 0 bridgehead atoms. The second kappa shape index (κ2) is 6.49. The quantitative estimate of drug-likeness (QED) is 0.752. The minimum atomic E-state index is 0.601. The molecule has 14 heavy (non-hydrogen) atoms. The zero-order valence-corrected chi connectivity index (χ0v) is 9.03. The fraction of sp³-hybridized carbons (Fsp3) is 0.636. The summed E-state index contributed by atoms with van der Waals surface area (Å²) in [5.41, 5.74) is 0. The molecular weight excluding hydrogens is 174 g/mol. The second-order valence-electron chi connectivity index (χ2n) is 3.44. The Bertz CT molecular complexity index is 236. The molecule has 3 nitrogen and oxygen atoms in total. The molecule has 0 saturated heterocycles. The van der Waals surface area contributed by atoms with Crippen LogP contribution in [0.3, 0.4) is 0 Å². The average molecular weight is 193 g/mol. The Labute approximate surface area is 86.0 Å². The molecule has 0 spiro atoms. The van der Waals surface area contributed by atoms with Crippen molar-refractivity contribution in [2.45, 2.75) is 45.7 Å². The van der Waals surface area contributed by atoms with Crippen LogP contribution in [0.5, 0.6) is 0 Å². The van der Waals surface area contributed by atoms with Crippen LogP contribution in [0.2, 0.25) is 0 Å². The number of hydrogen-bond donors (Lipinski definition) is 1. The Morgan fingerprint density at radius 3 is 2.57 bits per heavy atom. The third-order valence-corrected chi connectivity index (χ3v) is 2.30. The summed E-state index contributed by atoms with van der Waals surface area (Å²) in [6.07, 6.45) is 7.18. The third kappa shape index (κ3) is 3.83. The molecule has 0 radical (unpaired) electrons. The SMILES string of the molecule is CCCC(CC)NCc1ncccn1. The molecule has 1 unspecified atom stereocenters. The number of aromatic nitrogens is 2. The summed E-state index contributed by atoms with van der Waals surface area (Å²) in [5.74, 6) is 0.877. The Hall–Kier alpha value is -0.960. The molecule has 1 aromatic rings. The fourth-order valence-corrected chi connectivity index (χ4v) is 1.46. The normalized spacial score (nSPS) is 12.7. The lowest BCUT2D eigenvalue weighted by Gasteiger charge is -2.14. The van der Waals surface area contributed by atoms with E-state index in [4.69, 9.17) is 0 Å². The van der Waals surface area contributed by atoms with Gasteiger partial charge in [0.1, 0.15) is 5.82 Å². The van der Waals surface area contributed by atoms with Crippen molar-refractivity contribution in [2.75, 3.05) is 0 Å². The first kappa shape index (κ1) is 11.1. The Morgan fingerprint density at radius 1 is 1.29 bits per heavy atom. The van der Waals surface area contributed by atoms with E-state index in [2.05, 4.69) is 29.1 Å². The molecule has 0 aromatic carbocycles. The van der Waals surface area contributed by atoms with Crippen LogP contribution in [-0.4, -0.2) is 16.0 Å². The van der Waals surface area contributed by atoms with Crippen molar-refractivity contribution >= 4 is 0 Å². The van der Waals surface area contributed by atoms with Crippen LogP contribution in [0.25, 0.3) is 0 Å². The van der Waals surface area contributed by atoms with E-state index in [1.54, 1.807) is 12.4 Å². The molecule has 0 amide bonds. The average Bonchev–Trinajstić information content (AvgIpc) is 2.25. The molecule has 1 rings (SSSR count). The summed E-state index contributed by atoms with van der Waals surface area (Å²) in [6, 6.07) is 2.44. The van der Waals surface area contributed by atoms with E-state index in [1.807, 2.05) is 6.07 Å². The van der Waals surface area contributed by atoms with Crippen LogP contribution < -0.4 is 5.32 Å². The van der Waals surface area contributed by atoms with Gasteiger partial charge in [0.2, 0.25) is 0 Å². The van der Waals surface area contributed by atoms with Crippen LogP contribution in [-0.2, 0) is 6.54 Å². The van der Waals surface area contributed by atoms with Crippen molar-refractivity contribution in [3.63, 3.8) is 0 Å². The minimum absolute atomic E-state index is 0.601. The van der Waals surface area contributed by atoms with Crippen LogP contribution >= 0.6 is 0 Å². The Kier molecular flexibility index (Phi) is 5.15. The topological polar surface area (TPSA) is 37.8 Å². The third-order valence-electron chi connectivity index (χ3n) is 2.30. The van der Waals surface area contributed by atoms with Gasteiger partial charge in [-0.15, -0.1) is 0 Å². The molecule has 0 aliphatic heterocycles. The molecule has 1 aromatic heterocycles. The molecule has 0 saturated carbocycles. The van der Waals surface area contributed by atoms with Crippen LogP contribution in [0, 0.1) is 0 Å². The molecule has 1 atom stereocenters. The minimum Gasteiger partial charge on any atom is -0.307 e. The molecule has 0 fully saturated rings. The summed E-state index contributed by atoms with van der Waals surface area (Å²) >= 11 is 0. The number of nitrogens with zero attached hydrogens (tertiary/aromatic N) is 2. The van der Waals surface area contributed by atoms with Crippen LogP contribution in [0.15, 0.2) is 18.5 Å². The first-order valence-electron chi connectivity index (χ1n) is 5.36. The first-order chi connectivity index (χ1) is 6.86. The highest BCUT2D eigenvalue weighted by molar-refractivity contribution is 4.88. The van der Waals surface area contributed by atoms with E-state index in [-0.39, 0.29) is 0 Å². The van der Waals surface area contributed by atoms with E-state index < -0.39 is 0 Å². The summed E-state index contributed by atoms with van der Waals surface area (Å²) in [7, 11) is 0. The van der Waals surface area contributed by atoms with E-state index >= 15 is 0 Å². The lowest BCUT2D eigenvalue weighted by atomic mass is 10.1. The highest BCUT2D eigenvalue weighted by Crippen LogP contribution is 2.01. The van der Waals surface area contributed by atoms with Gasteiger partial charge in [0.25, 0.3) is 0 Å². The molecule has 0 aliphatic rings. The Balaban J connectivity index is 2.32. The molecule has 1 N–H and O–H groups in total. The maximum absolute atomic E-state index is 4.17. The highest BCUT2D eigenvalue weighted by Gasteiger charge is 2.04. The van der Waals surface area contributed by atoms with E-state index in [1.165, 1.54) is 19.3 Å². The maximum Gasteiger partial charge on any atom is 0.141 e. The van der Waals surface area contributed by atoms with Crippen molar-refractivity contribution < 1.29 is 0 Å². The lowest BCUT2D eigenvalue weighted by molar-refractivity contribution is 0.456. The van der Waals surface area contributed by atoms with Crippen molar-refractivity contribution in [1.82, 2.24) is 15.3 Å². The van der Waals surface area contributed by atoms with E-state index in [0.717, 1.165) is 12.4 Å². The molecule has 78 valence electrons. The van der Waals surface area contributed by atoms with Gasteiger partial charge in [0, 0.05) is 18.4 Å². The molecule has 0 aliphatic carbocycles. The predicted octanol–water partition coefficient (Wildman–Crippen LogP) is 2.14. The van der Waals surface area contributed by atoms with Crippen molar-refractivity contribution in [2.24, 2.45) is 0 Å². The largest absolute Gasteiger partial charge is 0.307 e. The zero-order valence-electron chi connectivity index (χ0n) is 9.03. The summed E-state index contributed by atoms with van der Waals surface area (Å²) in [6.45, 7) is 5.20. The molecular formula is C11H19N3. The van der Waals surface area contributed by atoms with Crippen molar-refractivity contribution in [3.8, 4) is 0 Å². The van der Waals surface area contributed by atoms with Gasteiger partial charge in [-0.2, -0.15) is 0 Å². The summed E-state index contributed by atoms with van der Waals surface area (Å²) < 4.78 is 0. The second-order valence-corrected chi connectivity index (χ2v) is 3.44. The number of rotatable bonds is 6. The monoisotopic (exact) mass is 193 g/mol. The molecule has 1 heterocycles. The smallest absolute Gasteiger partial charge is 0.141 e. The van der Waals surface area contributed by atoms with Crippen molar-refractivity contribution in [3.05, 3.63) is 24.3 Å². The number of hydrogen-bond acceptors (Lipinski definition) is 3. The van der Waals surface area contributed by atoms with Gasteiger partial charge < -0.3 is 5.32 Å². The fourth-order valence-electron chi connectivity index (χ4n) is 1.46. The van der Waals surface area contributed by atoms with E-state index in [0.29, 0.717) is 6.04 Å². The van der Waals surface area contributed by atoms with Gasteiger partial charge >= 0.3 is 0 Å². The van der Waals surface area contributed by atoms with Gasteiger partial charge in [0.05, 0.1) is 6.54 Å². The van der Waals surface area contributed by atoms with Gasteiger partial charge in [-0.25, -0.2) is 9.97 Å². The highest BCUT2D eigenvalue weighted by atomic mass is 15.0. The predicted molar refractivity (Wildman–Crippen MR) is 57.9 cm³/mol. The maximum atomic E-state index is 4.17. The lowest BCUT2D eigenvalue weighted by Crippen LogP contribution is -2.28. The van der Waals surface area contributed by atoms with Gasteiger partial charge in [-0.3, -0.25) is 0 Å². The Morgan fingerprint density at radius 2 is 2.00 bits per heavy atom. The van der Waals surface area contributed by atoms with Crippen molar-refractivity contribution in [1.29, 1.82) is 0 Å². The van der Waals surface area contributed by atoms with Gasteiger partial charge in [-0.1, -0.05) is 20.3 Å². The van der Waals surface area contributed by atoms with Gasteiger partial charge in [0.15, 0.2) is 0 Å². The molecule has 3 heteroatoms. The first-order valence-corrected chi connectivity index (χ1v) is 5.36. The van der Waals surface area contributed by atoms with Gasteiger partial charge in [-0.05, 0) is 18.9 Å². The standard InChI is InChI=1S/C11H19N3/c1-3-6-10(4-2)14-9-11-12-7-5-8-13-11/h5,7-8,10,14H,3-4,6,9H2,1-2H3. The van der Waals surface area contributed by atoms with E-state index in [9.17, 15) is 0 Å². The summed E-state index contributed by atoms with van der Waals surface area (Å²) in [4.78, 5) is 8.34. The van der Waals surface area contributed by atoms with Crippen LogP contribution in [0.1, 0.15) is 38.9 Å². The van der Waals surface area contributed by atoms with Crippen LogP contribution in [0.4, 0.5) is 0 Å². The summed E-state index contributed by atoms with van der Waals surface area (Å²) in [5, 5.41) is 3.46.